The summed E-state index contributed by atoms with van der Waals surface area (Å²) in [4.78, 5) is 15.4. The maximum atomic E-state index is 13.4. The van der Waals surface area contributed by atoms with Crippen molar-refractivity contribution < 1.29 is 23.1 Å². The molecule has 2 amide bonds. The number of nitrogens with zero attached hydrogens (tertiary/aromatic N) is 1. The van der Waals surface area contributed by atoms with Gasteiger partial charge in [0.25, 0.3) is 0 Å². The maximum absolute atomic E-state index is 13.4. The third-order valence-corrected chi connectivity index (χ3v) is 8.66. The predicted molar refractivity (Wildman–Crippen MR) is 144 cm³/mol. The van der Waals surface area contributed by atoms with Gasteiger partial charge in [0.15, 0.2) is 0 Å². The average Bonchev–Trinajstić information content (AvgIpc) is 3.48. The molecule has 1 spiro atoms. The van der Waals surface area contributed by atoms with Gasteiger partial charge in [0.05, 0.1) is 6.61 Å². The SMILES string of the molecule is CCOc1ccc(-c2ccc3c(c2)C2(CCCC2)CN3C(=O)NCc2ccc(S([NH3+])(=O)=O)cc2)c(C)c1. The van der Waals surface area contributed by atoms with E-state index in [4.69, 9.17) is 4.74 Å². The summed E-state index contributed by atoms with van der Waals surface area (Å²) in [5.74, 6) is 0.877. The Morgan fingerprint density at radius 1 is 1.05 bits per heavy atom. The number of sulfonamides is 1. The van der Waals surface area contributed by atoms with Crippen molar-refractivity contribution in [1.82, 2.24) is 5.32 Å². The Kier molecular flexibility index (Phi) is 6.72. The number of urea groups is 1. The van der Waals surface area contributed by atoms with Crippen LogP contribution in [0.1, 0.15) is 49.3 Å². The molecule has 0 atom stereocenters. The van der Waals surface area contributed by atoms with Gasteiger partial charge in [0, 0.05) is 24.2 Å². The van der Waals surface area contributed by atoms with Crippen LogP contribution in [0.5, 0.6) is 5.75 Å². The van der Waals surface area contributed by atoms with Gasteiger partial charge in [-0.15, -0.1) is 0 Å². The molecule has 2 aliphatic rings. The number of carbonyl (C=O) groups excluding carboxylic acids is 1. The second-order valence-electron chi connectivity index (χ2n) is 10.1. The van der Waals surface area contributed by atoms with Gasteiger partial charge in [-0.1, -0.05) is 37.1 Å². The first-order chi connectivity index (χ1) is 17.7. The third kappa shape index (κ3) is 4.95. The van der Waals surface area contributed by atoms with E-state index < -0.39 is 10.0 Å². The molecule has 0 saturated heterocycles. The average molecular weight is 521 g/mol. The molecule has 0 aromatic heterocycles. The smallest absolute Gasteiger partial charge is 0.322 e. The van der Waals surface area contributed by atoms with E-state index in [-0.39, 0.29) is 16.3 Å². The van der Waals surface area contributed by atoms with E-state index in [9.17, 15) is 13.2 Å². The Bertz CT molecular complexity index is 1430. The van der Waals surface area contributed by atoms with Crippen LogP contribution >= 0.6 is 0 Å². The highest BCUT2D eigenvalue weighted by Gasteiger charge is 2.46. The Hall–Kier alpha value is -3.36. The number of amides is 2. The number of rotatable bonds is 6. The second kappa shape index (κ2) is 9.84. The molecule has 1 heterocycles. The van der Waals surface area contributed by atoms with Crippen molar-refractivity contribution in [2.75, 3.05) is 18.1 Å². The summed E-state index contributed by atoms with van der Waals surface area (Å²) in [6, 6.07) is 19.0. The van der Waals surface area contributed by atoms with Crippen LogP contribution in [0.3, 0.4) is 0 Å². The molecule has 1 saturated carbocycles. The molecule has 5 rings (SSSR count). The molecular formula is C29H34N3O4S+. The third-order valence-electron chi connectivity index (χ3n) is 7.67. The molecule has 8 heteroatoms. The predicted octanol–water partition coefficient (Wildman–Crippen LogP) is 4.53. The first kappa shape index (κ1) is 25.3. The number of aryl methyl sites for hydroxylation is 1. The lowest BCUT2D eigenvalue weighted by atomic mass is 9.79. The fourth-order valence-electron chi connectivity index (χ4n) is 5.80. The molecule has 1 aliphatic heterocycles. The summed E-state index contributed by atoms with van der Waals surface area (Å²) in [5, 5.41) is 6.21. The summed E-state index contributed by atoms with van der Waals surface area (Å²) >= 11 is 0. The second-order valence-corrected chi connectivity index (χ2v) is 11.8. The fraction of sp³-hybridized carbons (Fsp3) is 0.345. The van der Waals surface area contributed by atoms with Crippen molar-refractivity contribution in [3.8, 4) is 16.9 Å². The van der Waals surface area contributed by atoms with Crippen LogP contribution < -0.4 is 20.1 Å². The Balaban J connectivity index is 1.39. The minimum atomic E-state index is -3.49. The number of hydrogen-bond donors (Lipinski definition) is 2. The van der Waals surface area contributed by atoms with Crippen LogP contribution in [-0.4, -0.2) is 27.6 Å². The van der Waals surface area contributed by atoms with E-state index in [2.05, 4.69) is 47.7 Å². The molecule has 4 N–H and O–H groups in total. The van der Waals surface area contributed by atoms with Gasteiger partial charge in [0.2, 0.25) is 0 Å². The number of hydrogen-bond acceptors (Lipinski definition) is 4. The number of nitrogens with one attached hydrogen (secondary N) is 1. The van der Waals surface area contributed by atoms with Crippen molar-refractivity contribution in [1.29, 1.82) is 0 Å². The quantitative estimate of drug-likeness (QED) is 0.498. The van der Waals surface area contributed by atoms with E-state index >= 15 is 0 Å². The van der Waals surface area contributed by atoms with E-state index in [0.717, 1.165) is 41.0 Å². The van der Waals surface area contributed by atoms with Crippen LogP contribution in [0.15, 0.2) is 65.6 Å². The zero-order valence-corrected chi connectivity index (χ0v) is 22.2. The van der Waals surface area contributed by atoms with Gasteiger partial charge in [-0.25, -0.2) is 9.93 Å². The zero-order chi connectivity index (χ0) is 26.2. The topological polar surface area (TPSA) is 103 Å². The fourth-order valence-corrected chi connectivity index (χ4v) is 6.35. The van der Waals surface area contributed by atoms with Crippen LogP contribution in [0.2, 0.25) is 0 Å². The molecule has 0 radical (unpaired) electrons. The highest BCUT2D eigenvalue weighted by atomic mass is 32.2. The molecule has 0 bridgehead atoms. The Morgan fingerprint density at radius 3 is 2.43 bits per heavy atom. The molecule has 0 unspecified atom stereocenters. The van der Waals surface area contributed by atoms with Crippen LogP contribution in [-0.2, 0) is 22.0 Å². The van der Waals surface area contributed by atoms with Gasteiger partial charge >= 0.3 is 16.1 Å². The van der Waals surface area contributed by atoms with Gasteiger partial charge in [0.1, 0.15) is 10.6 Å². The monoisotopic (exact) mass is 520 g/mol. The van der Waals surface area contributed by atoms with Crippen molar-refractivity contribution in [3.63, 3.8) is 0 Å². The number of carbonyl (C=O) groups is 1. The van der Waals surface area contributed by atoms with Gasteiger partial charge in [-0.3, -0.25) is 4.90 Å². The molecule has 3 aromatic carbocycles. The number of anilines is 1. The molecule has 37 heavy (non-hydrogen) atoms. The van der Waals surface area contributed by atoms with E-state index in [1.54, 1.807) is 12.1 Å². The van der Waals surface area contributed by atoms with Crippen molar-refractivity contribution in [3.05, 3.63) is 77.4 Å². The van der Waals surface area contributed by atoms with Gasteiger partial charge in [-0.2, -0.15) is 8.42 Å². The van der Waals surface area contributed by atoms with Crippen molar-refractivity contribution >= 4 is 21.7 Å². The number of quaternary nitrogens is 1. The standard InChI is InChI=1S/C29H33N3O4S/c1-3-36-23-9-12-25(20(2)16-23)22-8-13-27-26(17-22)29(14-4-5-15-29)19-32(27)28(33)31-18-21-6-10-24(11-7-21)37(30,34)35/h6-13,16-17H,3-5,14-15,18-19H2,1-2H3,(H,31,33)(H2,30,34,35)/p+1. The summed E-state index contributed by atoms with van der Waals surface area (Å²) in [5.41, 5.74) is 6.56. The molecular weight excluding hydrogens is 486 g/mol. The lowest BCUT2D eigenvalue weighted by Crippen LogP contribution is -2.56. The van der Waals surface area contributed by atoms with Crippen LogP contribution in [0, 0.1) is 6.92 Å². The summed E-state index contributed by atoms with van der Waals surface area (Å²) in [6.07, 6.45) is 4.50. The summed E-state index contributed by atoms with van der Waals surface area (Å²) < 4.78 is 28.9. The van der Waals surface area contributed by atoms with Crippen LogP contribution in [0.25, 0.3) is 11.1 Å². The van der Waals surface area contributed by atoms with E-state index in [1.165, 1.54) is 36.1 Å². The largest absolute Gasteiger partial charge is 0.494 e. The maximum Gasteiger partial charge on any atom is 0.322 e. The summed E-state index contributed by atoms with van der Waals surface area (Å²) in [6.45, 7) is 5.73. The van der Waals surface area contributed by atoms with Crippen LogP contribution in [0.4, 0.5) is 10.5 Å². The van der Waals surface area contributed by atoms with E-state index in [1.807, 2.05) is 17.9 Å². The van der Waals surface area contributed by atoms with E-state index in [0.29, 0.717) is 19.7 Å². The van der Waals surface area contributed by atoms with Gasteiger partial charge in [-0.05, 0) is 90.9 Å². The minimum Gasteiger partial charge on any atom is -0.494 e. The lowest BCUT2D eigenvalue weighted by Gasteiger charge is -2.25. The minimum absolute atomic E-state index is 0.00795. The Labute approximate surface area is 218 Å². The van der Waals surface area contributed by atoms with Crippen molar-refractivity contribution in [2.45, 2.75) is 56.4 Å². The normalized spacial score (nSPS) is 16.1. The molecule has 1 aliphatic carbocycles. The van der Waals surface area contributed by atoms with Gasteiger partial charge < -0.3 is 10.1 Å². The highest BCUT2D eigenvalue weighted by molar-refractivity contribution is 7.84. The molecule has 7 nitrogen and oxygen atoms in total. The lowest BCUT2D eigenvalue weighted by molar-refractivity contribution is -0.164. The molecule has 194 valence electrons. The molecule has 3 aromatic rings. The summed E-state index contributed by atoms with van der Waals surface area (Å²) in [7, 11) is -3.49. The number of fused-ring (bicyclic) bond motifs is 2. The highest BCUT2D eigenvalue weighted by Crippen LogP contribution is 2.51. The molecule has 1 fully saturated rings. The first-order valence-electron chi connectivity index (χ1n) is 12.8. The Morgan fingerprint density at radius 2 is 1.78 bits per heavy atom. The number of benzene rings is 3. The van der Waals surface area contributed by atoms with Crippen molar-refractivity contribution in [2.24, 2.45) is 0 Å². The first-order valence-corrected chi connectivity index (χ1v) is 14.5. The zero-order valence-electron chi connectivity index (χ0n) is 21.4. The number of ether oxygens (including phenoxy) is 1.